The molecule has 1 rings (SSSR count). The highest BCUT2D eigenvalue weighted by molar-refractivity contribution is 4.88. The van der Waals surface area contributed by atoms with Gasteiger partial charge in [0.2, 0.25) is 0 Å². The maximum absolute atomic E-state index is 2.44. The molecule has 0 heterocycles. The van der Waals surface area contributed by atoms with Crippen LogP contribution in [0.1, 0.15) is 51.9 Å². The summed E-state index contributed by atoms with van der Waals surface area (Å²) in [5.41, 5.74) is 0. The van der Waals surface area contributed by atoms with Crippen LogP contribution >= 0.6 is 0 Å². The summed E-state index contributed by atoms with van der Waals surface area (Å²) >= 11 is 0. The van der Waals surface area contributed by atoms with Gasteiger partial charge in [-0.15, -0.1) is 0 Å². The van der Waals surface area contributed by atoms with Crippen LogP contribution in [0.25, 0.3) is 0 Å². The molecule has 0 aromatic heterocycles. The molecule has 0 amide bonds. The van der Waals surface area contributed by atoms with E-state index in [1.165, 1.54) is 44.9 Å². The largest absolute Gasteiger partial charge is 0.0883 e. The predicted molar refractivity (Wildman–Crippen MR) is 50.6 cm³/mol. The maximum Gasteiger partial charge on any atom is -0.0236 e. The van der Waals surface area contributed by atoms with Gasteiger partial charge in [0, 0.05) is 0 Å². The monoisotopic (exact) mass is 152 g/mol. The molecule has 1 unspecified atom stereocenters. The molecule has 0 heteroatoms. The lowest BCUT2D eigenvalue weighted by Gasteiger charge is -2.07. The van der Waals surface area contributed by atoms with Gasteiger partial charge in [0.25, 0.3) is 0 Å². The van der Waals surface area contributed by atoms with E-state index in [1.807, 2.05) is 0 Å². The molecule has 0 aromatic rings. The summed E-state index contributed by atoms with van der Waals surface area (Å²) in [4.78, 5) is 0. The molecule has 1 atom stereocenters. The van der Waals surface area contributed by atoms with E-state index in [-0.39, 0.29) is 0 Å². The third kappa shape index (κ3) is 3.60. The molecule has 0 radical (unpaired) electrons. The third-order valence-corrected chi connectivity index (χ3v) is 2.63. The van der Waals surface area contributed by atoms with Gasteiger partial charge in [-0.1, -0.05) is 38.3 Å². The van der Waals surface area contributed by atoms with Crippen LogP contribution in [0.15, 0.2) is 12.2 Å². The molecule has 0 spiro atoms. The first-order valence-electron chi connectivity index (χ1n) is 5.10. The van der Waals surface area contributed by atoms with Crippen molar-refractivity contribution in [2.75, 3.05) is 0 Å². The molecule has 0 bridgehead atoms. The SMILES string of the molecule is CCC1C=CCCCCCC1. The smallest absolute Gasteiger partial charge is 0.0236 e. The van der Waals surface area contributed by atoms with E-state index >= 15 is 0 Å². The van der Waals surface area contributed by atoms with Gasteiger partial charge >= 0.3 is 0 Å². The average molecular weight is 152 g/mol. The Kier molecular flexibility index (Phi) is 4.33. The van der Waals surface area contributed by atoms with Crippen molar-refractivity contribution in [2.45, 2.75) is 51.9 Å². The van der Waals surface area contributed by atoms with Gasteiger partial charge in [-0.05, 0) is 31.6 Å². The molecule has 0 nitrogen and oxygen atoms in total. The van der Waals surface area contributed by atoms with E-state index < -0.39 is 0 Å². The normalized spacial score (nSPS) is 27.2. The van der Waals surface area contributed by atoms with Gasteiger partial charge in [0.1, 0.15) is 0 Å². The Hall–Kier alpha value is -0.260. The van der Waals surface area contributed by atoms with Crippen molar-refractivity contribution in [3.63, 3.8) is 0 Å². The van der Waals surface area contributed by atoms with Gasteiger partial charge in [-0.3, -0.25) is 0 Å². The summed E-state index contributed by atoms with van der Waals surface area (Å²) < 4.78 is 0. The van der Waals surface area contributed by atoms with E-state index in [0.29, 0.717) is 0 Å². The molecule has 0 aromatic carbocycles. The average Bonchev–Trinajstić information content (AvgIpc) is 2.16. The van der Waals surface area contributed by atoms with Crippen molar-refractivity contribution in [3.05, 3.63) is 12.2 Å². The number of allylic oxidation sites excluding steroid dienone is 2. The molecule has 0 saturated carbocycles. The van der Waals surface area contributed by atoms with Crippen LogP contribution in [0.2, 0.25) is 0 Å². The van der Waals surface area contributed by atoms with Gasteiger partial charge in [-0.2, -0.15) is 0 Å². The highest BCUT2D eigenvalue weighted by atomic mass is 14.1. The Balaban J connectivity index is 2.32. The Bertz CT molecular complexity index is 113. The standard InChI is InChI=1S/C11H20/c1-2-11-9-7-5-3-4-6-8-10-11/h7,9,11H,2-6,8,10H2,1H3. The zero-order valence-corrected chi connectivity index (χ0v) is 7.68. The van der Waals surface area contributed by atoms with Gasteiger partial charge in [0.05, 0.1) is 0 Å². The van der Waals surface area contributed by atoms with Crippen molar-refractivity contribution in [2.24, 2.45) is 5.92 Å². The summed E-state index contributed by atoms with van der Waals surface area (Å²) in [7, 11) is 0. The fourth-order valence-corrected chi connectivity index (χ4v) is 1.75. The number of hydrogen-bond acceptors (Lipinski definition) is 0. The van der Waals surface area contributed by atoms with Crippen LogP contribution in [-0.4, -0.2) is 0 Å². The van der Waals surface area contributed by atoms with Crippen LogP contribution in [0.3, 0.4) is 0 Å². The summed E-state index contributed by atoms with van der Waals surface area (Å²) in [6, 6.07) is 0. The molecular weight excluding hydrogens is 132 g/mol. The maximum atomic E-state index is 2.44. The minimum Gasteiger partial charge on any atom is -0.0883 e. The summed E-state index contributed by atoms with van der Waals surface area (Å²) in [6.45, 7) is 2.30. The molecular formula is C11H20. The van der Waals surface area contributed by atoms with Gasteiger partial charge < -0.3 is 0 Å². The predicted octanol–water partition coefficient (Wildman–Crippen LogP) is 3.92. The van der Waals surface area contributed by atoms with Crippen molar-refractivity contribution in [1.29, 1.82) is 0 Å². The van der Waals surface area contributed by atoms with Crippen molar-refractivity contribution >= 4 is 0 Å². The molecule has 11 heavy (non-hydrogen) atoms. The van der Waals surface area contributed by atoms with Crippen LogP contribution < -0.4 is 0 Å². The van der Waals surface area contributed by atoms with E-state index in [9.17, 15) is 0 Å². The third-order valence-electron chi connectivity index (χ3n) is 2.63. The van der Waals surface area contributed by atoms with Crippen molar-refractivity contribution < 1.29 is 0 Å². The van der Waals surface area contributed by atoms with E-state index in [2.05, 4.69) is 19.1 Å². The molecule has 1 aliphatic carbocycles. The van der Waals surface area contributed by atoms with Crippen LogP contribution in [0.4, 0.5) is 0 Å². The second-order valence-corrected chi connectivity index (χ2v) is 3.59. The Morgan fingerprint density at radius 3 is 2.82 bits per heavy atom. The minimum atomic E-state index is 0.882. The second kappa shape index (κ2) is 5.40. The lowest BCUT2D eigenvalue weighted by atomic mass is 9.99. The van der Waals surface area contributed by atoms with Crippen molar-refractivity contribution in [3.8, 4) is 0 Å². The summed E-state index contributed by atoms with van der Waals surface area (Å²) in [5.74, 6) is 0.882. The Morgan fingerprint density at radius 1 is 1.18 bits per heavy atom. The zero-order chi connectivity index (χ0) is 7.94. The number of rotatable bonds is 1. The number of hydrogen-bond donors (Lipinski definition) is 0. The van der Waals surface area contributed by atoms with Crippen LogP contribution in [0, 0.1) is 5.92 Å². The highest BCUT2D eigenvalue weighted by Gasteiger charge is 2.02. The summed E-state index contributed by atoms with van der Waals surface area (Å²) in [6.07, 6.45) is 14.7. The molecule has 0 N–H and O–H groups in total. The first kappa shape index (κ1) is 8.83. The molecule has 1 aliphatic rings. The fraction of sp³-hybridized carbons (Fsp3) is 0.818. The topological polar surface area (TPSA) is 0 Å². The lowest BCUT2D eigenvalue weighted by molar-refractivity contribution is 0.523. The molecule has 0 aliphatic heterocycles. The van der Waals surface area contributed by atoms with Crippen molar-refractivity contribution in [1.82, 2.24) is 0 Å². The molecule has 0 saturated heterocycles. The van der Waals surface area contributed by atoms with Gasteiger partial charge in [-0.25, -0.2) is 0 Å². The van der Waals surface area contributed by atoms with E-state index in [1.54, 1.807) is 0 Å². The van der Waals surface area contributed by atoms with Crippen LogP contribution in [-0.2, 0) is 0 Å². The molecule has 0 fully saturated rings. The zero-order valence-electron chi connectivity index (χ0n) is 7.68. The first-order chi connectivity index (χ1) is 5.43. The first-order valence-corrected chi connectivity index (χ1v) is 5.10. The second-order valence-electron chi connectivity index (χ2n) is 3.59. The van der Waals surface area contributed by atoms with Crippen LogP contribution in [0.5, 0.6) is 0 Å². The summed E-state index contributed by atoms with van der Waals surface area (Å²) in [5, 5.41) is 0. The highest BCUT2D eigenvalue weighted by Crippen LogP contribution is 2.18. The Morgan fingerprint density at radius 2 is 2.00 bits per heavy atom. The minimum absolute atomic E-state index is 0.882. The fourth-order valence-electron chi connectivity index (χ4n) is 1.75. The Labute approximate surface area is 70.7 Å². The quantitative estimate of drug-likeness (QED) is 0.499. The lowest BCUT2D eigenvalue weighted by Crippen LogP contribution is -1.92. The van der Waals surface area contributed by atoms with E-state index in [4.69, 9.17) is 0 Å². The van der Waals surface area contributed by atoms with Gasteiger partial charge in [0.15, 0.2) is 0 Å². The molecule has 64 valence electrons. The van der Waals surface area contributed by atoms with E-state index in [0.717, 1.165) is 5.92 Å².